The molecule has 0 aliphatic carbocycles. The summed E-state index contributed by atoms with van der Waals surface area (Å²) in [5, 5.41) is 15.0. The predicted octanol–water partition coefficient (Wildman–Crippen LogP) is 0.360. The predicted molar refractivity (Wildman–Crippen MR) is 46.5 cm³/mol. The van der Waals surface area contributed by atoms with E-state index in [4.69, 9.17) is 10.2 Å². The minimum atomic E-state index is -1.32. The molecule has 0 amide bonds. The molecule has 0 rings (SSSR count). The largest absolute Gasteiger partial charge is 0.481 e. The summed E-state index contributed by atoms with van der Waals surface area (Å²) in [6.45, 7) is 3.14. The maximum absolute atomic E-state index is 10.7. The van der Waals surface area contributed by atoms with Gasteiger partial charge in [-0.3, -0.25) is 14.4 Å². The minimum Gasteiger partial charge on any atom is -0.481 e. The van der Waals surface area contributed by atoms with E-state index in [1.807, 2.05) is 0 Å². The SMILES string of the molecule is C=CC(=O)SC(CC(=O)O)C(=O)O. The Morgan fingerprint density at radius 1 is 1.38 bits per heavy atom. The molecule has 5 nitrogen and oxygen atoms in total. The maximum Gasteiger partial charge on any atom is 0.317 e. The number of carbonyl (C=O) groups excluding carboxylic acids is 1. The van der Waals surface area contributed by atoms with Crippen LogP contribution >= 0.6 is 11.8 Å². The quantitative estimate of drug-likeness (QED) is 0.628. The molecule has 1 unspecified atom stereocenters. The Hall–Kier alpha value is -1.30. The summed E-state index contributed by atoms with van der Waals surface area (Å²) in [7, 11) is 0. The van der Waals surface area contributed by atoms with Gasteiger partial charge in [0.2, 0.25) is 5.12 Å². The lowest BCUT2D eigenvalue weighted by Crippen LogP contribution is -2.21. The van der Waals surface area contributed by atoms with E-state index in [0.29, 0.717) is 11.8 Å². The zero-order valence-corrected chi connectivity index (χ0v) is 7.41. The van der Waals surface area contributed by atoms with E-state index >= 15 is 0 Å². The van der Waals surface area contributed by atoms with Gasteiger partial charge in [-0.25, -0.2) is 0 Å². The first-order valence-corrected chi connectivity index (χ1v) is 4.13. The van der Waals surface area contributed by atoms with Crippen LogP contribution < -0.4 is 0 Å². The Balaban J connectivity index is 4.26. The highest BCUT2D eigenvalue weighted by molar-refractivity contribution is 8.15. The fourth-order valence-corrected chi connectivity index (χ4v) is 1.23. The fourth-order valence-electron chi connectivity index (χ4n) is 0.526. The molecule has 6 heteroatoms. The summed E-state index contributed by atoms with van der Waals surface area (Å²) >= 11 is 0.444. The molecular weight excluding hydrogens is 196 g/mol. The van der Waals surface area contributed by atoms with Gasteiger partial charge in [0.1, 0.15) is 5.25 Å². The topological polar surface area (TPSA) is 91.7 Å². The van der Waals surface area contributed by atoms with Crippen LogP contribution in [0.4, 0.5) is 0 Å². The van der Waals surface area contributed by atoms with Crippen molar-refractivity contribution in [1.29, 1.82) is 0 Å². The number of carbonyl (C=O) groups is 3. The summed E-state index contributed by atoms with van der Waals surface area (Å²) in [6.07, 6.45) is 0.363. The second-order valence-corrected chi connectivity index (χ2v) is 3.27. The highest BCUT2D eigenvalue weighted by Gasteiger charge is 2.23. The number of aliphatic carboxylic acids is 2. The van der Waals surface area contributed by atoms with Crippen molar-refractivity contribution in [2.45, 2.75) is 11.7 Å². The molecule has 72 valence electrons. The van der Waals surface area contributed by atoms with Crippen LogP contribution in [-0.2, 0) is 14.4 Å². The molecule has 0 spiro atoms. The lowest BCUT2D eigenvalue weighted by atomic mass is 10.3. The smallest absolute Gasteiger partial charge is 0.317 e. The average molecular weight is 204 g/mol. The van der Waals surface area contributed by atoms with Crippen LogP contribution in [0.15, 0.2) is 12.7 Å². The molecule has 0 aliphatic rings. The zero-order chi connectivity index (χ0) is 10.4. The van der Waals surface area contributed by atoms with Gasteiger partial charge in [-0.15, -0.1) is 0 Å². The van der Waals surface area contributed by atoms with Gasteiger partial charge in [0.05, 0.1) is 6.42 Å². The fraction of sp³-hybridized carbons (Fsp3) is 0.286. The van der Waals surface area contributed by atoms with Crippen molar-refractivity contribution in [3.05, 3.63) is 12.7 Å². The summed E-state index contributed by atoms with van der Waals surface area (Å²) in [6, 6.07) is 0. The zero-order valence-electron chi connectivity index (χ0n) is 6.60. The molecular formula is C7H8O5S. The highest BCUT2D eigenvalue weighted by Crippen LogP contribution is 2.16. The average Bonchev–Trinajstić information content (AvgIpc) is 2.02. The molecule has 0 radical (unpaired) electrons. The Bertz CT molecular complexity index is 247. The molecule has 0 aliphatic heterocycles. The van der Waals surface area contributed by atoms with Gasteiger partial charge in [0.15, 0.2) is 0 Å². The molecule has 13 heavy (non-hydrogen) atoms. The molecule has 2 N–H and O–H groups in total. The number of carboxylic acid groups (broad SMARTS) is 2. The van der Waals surface area contributed by atoms with Crippen LogP contribution in [0.2, 0.25) is 0 Å². The molecule has 0 fully saturated rings. The van der Waals surface area contributed by atoms with Crippen LogP contribution in [0.3, 0.4) is 0 Å². The minimum absolute atomic E-state index is 0.444. The third-order valence-electron chi connectivity index (χ3n) is 1.06. The van der Waals surface area contributed by atoms with Gasteiger partial charge in [0.25, 0.3) is 0 Å². The number of carboxylic acids is 2. The van der Waals surface area contributed by atoms with Crippen LogP contribution in [0.5, 0.6) is 0 Å². The summed E-state index contributed by atoms with van der Waals surface area (Å²) in [5.41, 5.74) is 0. The molecule has 0 saturated carbocycles. The van der Waals surface area contributed by atoms with E-state index in [1.165, 1.54) is 0 Å². The molecule has 0 bridgehead atoms. The van der Waals surface area contributed by atoms with Gasteiger partial charge in [-0.2, -0.15) is 0 Å². The highest BCUT2D eigenvalue weighted by atomic mass is 32.2. The maximum atomic E-state index is 10.7. The van der Waals surface area contributed by atoms with Crippen LogP contribution in [0.1, 0.15) is 6.42 Å². The van der Waals surface area contributed by atoms with E-state index in [2.05, 4.69) is 6.58 Å². The molecule has 0 saturated heterocycles. The van der Waals surface area contributed by atoms with E-state index in [-0.39, 0.29) is 0 Å². The van der Waals surface area contributed by atoms with Crippen molar-refractivity contribution >= 4 is 28.8 Å². The summed E-state index contributed by atoms with van der Waals surface area (Å²) < 4.78 is 0. The molecule has 1 atom stereocenters. The third-order valence-corrected chi connectivity index (χ3v) is 2.11. The molecule has 0 heterocycles. The van der Waals surface area contributed by atoms with Crippen molar-refractivity contribution in [1.82, 2.24) is 0 Å². The second-order valence-electron chi connectivity index (χ2n) is 2.07. The Morgan fingerprint density at radius 3 is 2.23 bits per heavy atom. The van der Waals surface area contributed by atoms with Gasteiger partial charge in [-0.05, 0) is 6.08 Å². The van der Waals surface area contributed by atoms with Gasteiger partial charge >= 0.3 is 11.9 Å². The molecule has 0 aromatic carbocycles. The van der Waals surface area contributed by atoms with E-state index in [0.717, 1.165) is 6.08 Å². The number of rotatable bonds is 5. The lowest BCUT2D eigenvalue weighted by Gasteiger charge is -2.05. The van der Waals surface area contributed by atoms with Crippen molar-refractivity contribution in [3.63, 3.8) is 0 Å². The van der Waals surface area contributed by atoms with E-state index < -0.39 is 28.7 Å². The van der Waals surface area contributed by atoms with Gasteiger partial charge in [0, 0.05) is 0 Å². The Kier molecular flexibility index (Phi) is 4.83. The lowest BCUT2D eigenvalue weighted by molar-refractivity contribution is -0.143. The number of hydrogen-bond acceptors (Lipinski definition) is 4. The normalized spacial score (nSPS) is 11.7. The van der Waals surface area contributed by atoms with Crippen LogP contribution in [0, 0.1) is 0 Å². The summed E-state index contributed by atoms with van der Waals surface area (Å²) in [4.78, 5) is 31.3. The standard InChI is InChI=1S/C7H8O5S/c1-2-6(10)13-4(7(11)12)3-5(8)9/h2,4H,1,3H2,(H,8,9)(H,11,12). The summed E-state index contributed by atoms with van der Waals surface area (Å²) in [5.74, 6) is -2.57. The third kappa shape index (κ3) is 5.02. The van der Waals surface area contributed by atoms with Crippen LogP contribution in [0.25, 0.3) is 0 Å². The molecule has 0 aromatic rings. The number of thioether (sulfide) groups is 1. The van der Waals surface area contributed by atoms with Gasteiger partial charge < -0.3 is 10.2 Å². The second kappa shape index (κ2) is 5.36. The van der Waals surface area contributed by atoms with Crippen molar-refractivity contribution < 1.29 is 24.6 Å². The molecule has 0 aromatic heterocycles. The van der Waals surface area contributed by atoms with Crippen molar-refractivity contribution in [3.8, 4) is 0 Å². The first kappa shape index (κ1) is 11.7. The number of hydrogen-bond donors (Lipinski definition) is 2. The first-order chi connectivity index (χ1) is 5.97. The first-order valence-electron chi connectivity index (χ1n) is 3.25. The van der Waals surface area contributed by atoms with Gasteiger partial charge in [-0.1, -0.05) is 18.3 Å². The van der Waals surface area contributed by atoms with E-state index in [9.17, 15) is 14.4 Å². The van der Waals surface area contributed by atoms with Crippen LogP contribution in [-0.4, -0.2) is 32.5 Å². The Labute approximate surface area is 78.4 Å². The van der Waals surface area contributed by atoms with Crippen molar-refractivity contribution in [2.75, 3.05) is 0 Å². The van der Waals surface area contributed by atoms with E-state index in [1.54, 1.807) is 0 Å². The monoisotopic (exact) mass is 204 g/mol. The van der Waals surface area contributed by atoms with Crippen molar-refractivity contribution in [2.24, 2.45) is 0 Å². The Morgan fingerprint density at radius 2 is 1.92 bits per heavy atom.